The lowest BCUT2D eigenvalue weighted by molar-refractivity contribution is -0.140. The lowest BCUT2D eigenvalue weighted by Crippen LogP contribution is -2.52. The Hall–Kier alpha value is -2.87. The quantitative estimate of drug-likeness (QED) is 0.349. The first-order chi connectivity index (χ1) is 20.0. The van der Waals surface area contributed by atoms with Gasteiger partial charge >= 0.3 is 0 Å². The van der Waals surface area contributed by atoms with Crippen molar-refractivity contribution in [1.82, 2.24) is 10.2 Å². The molecule has 4 aliphatic rings. The van der Waals surface area contributed by atoms with E-state index >= 15 is 0 Å². The van der Waals surface area contributed by atoms with Crippen molar-refractivity contribution in [3.05, 3.63) is 65.2 Å². The summed E-state index contributed by atoms with van der Waals surface area (Å²) in [6.45, 7) is 6.23. The van der Waals surface area contributed by atoms with Crippen LogP contribution in [0.25, 0.3) is 0 Å². The van der Waals surface area contributed by atoms with Crippen molar-refractivity contribution in [2.45, 2.75) is 90.1 Å². The third-order valence-electron chi connectivity index (χ3n) is 10.0. The SMILES string of the molecule is CCCNC(=O)C(CC)N(Cc1ccccc1C)C(=O)CN(c1ccc(C23CC4CC(CC(C4)C2)C3)cc1)S(C)(=O)=O. The molecule has 1 N–H and O–H groups in total. The molecule has 2 aromatic carbocycles. The zero-order valence-corrected chi connectivity index (χ0v) is 26.5. The van der Waals surface area contributed by atoms with Crippen molar-refractivity contribution in [3.8, 4) is 0 Å². The Morgan fingerprint density at radius 1 is 0.952 bits per heavy atom. The van der Waals surface area contributed by atoms with Crippen molar-refractivity contribution in [2.24, 2.45) is 17.8 Å². The van der Waals surface area contributed by atoms with Gasteiger partial charge in [-0.3, -0.25) is 13.9 Å². The third-order valence-corrected chi connectivity index (χ3v) is 11.2. The number of hydrogen-bond acceptors (Lipinski definition) is 4. The lowest BCUT2D eigenvalue weighted by Gasteiger charge is -2.57. The van der Waals surface area contributed by atoms with Crippen LogP contribution in [0.15, 0.2) is 48.5 Å². The van der Waals surface area contributed by atoms with Crippen LogP contribution in [0.2, 0.25) is 0 Å². The first-order valence-corrected chi connectivity index (χ1v) is 17.6. The highest BCUT2D eigenvalue weighted by molar-refractivity contribution is 7.92. The minimum absolute atomic E-state index is 0.212. The summed E-state index contributed by atoms with van der Waals surface area (Å²) in [4.78, 5) is 28.7. The summed E-state index contributed by atoms with van der Waals surface area (Å²) in [5, 5.41) is 2.93. The Kier molecular flexibility index (Phi) is 9.02. The molecule has 4 fully saturated rings. The summed E-state index contributed by atoms with van der Waals surface area (Å²) in [5.41, 5.74) is 3.95. The van der Waals surface area contributed by atoms with Crippen LogP contribution >= 0.6 is 0 Å². The average molecular weight is 594 g/mol. The molecule has 2 aromatic rings. The number of carbonyl (C=O) groups is 2. The van der Waals surface area contributed by atoms with Crippen molar-refractivity contribution < 1.29 is 18.0 Å². The van der Waals surface area contributed by atoms with Gasteiger partial charge in [0.2, 0.25) is 21.8 Å². The van der Waals surface area contributed by atoms with Crippen molar-refractivity contribution in [1.29, 1.82) is 0 Å². The molecule has 0 radical (unpaired) electrons. The standard InChI is InChI=1S/C34H47N3O4S/c1-5-15-35-33(39)31(6-2)36(22-28-10-8-7-9-24(28)3)32(38)23-37(42(4,40)41)30-13-11-29(12-14-30)34-19-25-16-26(20-34)18-27(17-25)21-34/h7-14,25-27,31H,5-6,15-23H2,1-4H3,(H,35,39). The number of rotatable bonds is 12. The second-order valence-electron chi connectivity index (χ2n) is 13.2. The van der Waals surface area contributed by atoms with Crippen LogP contribution in [0.4, 0.5) is 5.69 Å². The molecule has 0 heterocycles. The number of aryl methyl sites for hydroxylation is 1. The number of hydrogen-bond donors (Lipinski definition) is 1. The van der Waals surface area contributed by atoms with Gasteiger partial charge in [0.05, 0.1) is 11.9 Å². The summed E-state index contributed by atoms with van der Waals surface area (Å²) in [6, 6.07) is 15.0. The number of sulfonamides is 1. The number of anilines is 1. The van der Waals surface area contributed by atoms with Crippen LogP contribution in [0.1, 0.15) is 81.9 Å². The summed E-state index contributed by atoms with van der Waals surface area (Å²) in [7, 11) is -3.77. The van der Waals surface area contributed by atoms with Gasteiger partial charge < -0.3 is 10.2 Å². The Bertz CT molecular complexity index is 1350. The van der Waals surface area contributed by atoms with Crippen molar-refractivity contribution in [2.75, 3.05) is 23.7 Å². The molecule has 228 valence electrons. The fraction of sp³-hybridized carbons (Fsp3) is 0.588. The molecule has 4 aliphatic carbocycles. The third kappa shape index (κ3) is 6.38. The Labute approximate surface area is 252 Å². The molecule has 0 aliphatic heterocycles. The number of carbonyl (C=O) groups excluding carboxylic acids is 2. The van der Waals surface area contributed by atoms with Crippen LogP contribution in [0.5, 0.6) is 0 Å². The first-order valence-electron chi connectivity index (χ1n) is 15.7. The molecule has 42 heavy (non-hydrogen) atoms. The van der Waals surface area contributed by atoms with E-state index in [1.807, 2.05) is 57.2 Å². The molecule has 7 nitrogen and oxygen atoms in total. The second-order valence-corrected chi connectivity index (χ2v) is 15.1. The topological polar surface area (TPSA) is 86.8 Å². The summed E-state index contributed by atoms with van der Waals surface area (Å²) in [6.07, 6.45) is 10.2. The molecule has 4 bridgehead atoms. The zero-order chi connectivity index (χ0) is 30.1. The second kappa shape index (κ2) is 12.4. The molecule has 4 saturated carbocycles. The van der Waals surface area contributed by atoms with Crippen LogP contribution in [-0.2, 0) is 31.6 Å². The largest absolute Gasteiger partial charge is 0.354 e. The van der Waals surface area contributed by atoms with Crippen LogP contribution in [0.3, 0.4) is 0 Å². The highest BCUT2D eigenvalue weighted by Crippen LogP contribution is 2.60. The summed E-state index contributed by atoms with van der Waals surface area (Å²) in [5.74, 6) is 1.85. The summed E-state index contributed by atoms with van der Waals surface area (Å²) < 4.78 is 27.4. The van der Waals surface area contributed by atoms with Crippen LogP contribution < -0.4 is 9.62 Å². The Morgan fingerprint density at radius 2 is 1.55 bits per heavy atom. The maximum absolute atomic E-state index is 14.0. The monoisotopic (exact) mass is 593 g/mol. The van der Waals surface area contributed by atoms with Gasteiger partial charge in [-0.2, -0.15) is 0 Å². The zero-order valence-electron chi connectivity index (χ0n) is 25.6. The van der Waals surface area contributed by atoms with E-state index in [0.717, 1.165) is 41.6 Å². The Morgan fingerprint density at radius 3 is 2.07 bits per heavy atom. The Balaban J connectivity index is 1.40. The van der Waals surface area contributed by atoms with E-state index < -0.39 is 22.0 Å². The van der Waals surface area contributed by atoms with E-state index in [4.69, 9.17) is 0 Å². The lowest BCUT2D eigenvalue weighted by atomic mass is 9.48. The van der Waals surface area contributed by atoms with Gasteiger partial charge in [0.25, 0.3) is 0 Å². The molecule has 8 heteroatoms. The molecule has 6 rings (SSSR count). The maximum atomic E-state index is 14.0. The highest BCUT2D eigenvalue weighted by Gasteiger charge is 2.51. The fourth-order valence-corrected chi connectivity index (χ4v) is 9.17. The van der Waals surface area contributed by atoms with Gasteiger partial charge in [0.1, 0.15) is 12.6 Å². The van der Waals surface area contributed by atoms with E-state index in [2.05, 4.69) is 17.4 Å². The smallest absolute Gasteiger partial charge is 0.244 e. The molecule has 0 saturated heterocycles. The minimum atomic E-state index is -3.77. The van der Waals surface area contributed by atoms with E-state index in [1.54, 1.807) is 4.90 Å². The van der Waals surface area contributed by atoms with Crippen molar-refractivity contribution >= 4 is 27.5 Å². The van der Waals surface area contributed by atoms with Crippen LogP contribution in [-0.4, -0.2) is 50.5 Å². The molecule has 1 unspecified atom stereocenters. The highest BCUT2D eigenvalue weighted by atomic mass is 32.2. The number of nitrogens with zero attached hydrogens (tertiary/aromatic N) is 2. The molecule has 0 aromatic heterocycles. The van der Waals surface area contributed by atoms with E-state index in [-0.39, 0.29) is 24.4 Å². The molecule has 0 spiro atoms. The van der Waals surface area contributed by atoms with E-state index in [0.29, 0.717) is 18.7 Å². The van der Waals surface area contributed by atoms with Gasteiger partial charge in [0, 0.05) is 13.1 Å². The van der Waals surface area contributed by atoms with Gasteiger partial charge in [0.15, 0.2) is 0 Å². The van der Waals surface area contributed by atoms with Crippen molar-refractivity contribution in [3.63, 3.8) is 0 Å². The van der Waals surface area contributed by atoms with Gasteiger partial charge in [-0.25, -0.2) is 8.42 Å². The maximum Gasteiger partial charge on any atom is 0.244 e. The van der Waals surface area contributed by atoms with Gasteiger partial charge in [-0.05, 0) is 110 Å². The minimum Gasteiger partial charge on any atom is -0.354 e. The molecular formula is C34H47N3O4S. The molecule has 1 atom stereocenters. The number of amides is 2. The average Bonchev–Trinajstić information content (AvgIpc) is 2.94. The van der Waals surface area contributed by atoms with E-state index in [9.17, 15) is 18.0 Å². The molecule has 2 amide bonds. The number of benzene rings is 2. The van der Waals surface area contributed by atoms with Gasteiger partial charge in [-0.15, -0.1) is 0 Å². The summed E-state index contributed by atoms with van der Waals surface area (Å²) >= 11 is 0. The van der Waals surface area contributed by atoms with E-state index in [1.165, 1.54) is 48.4 Å². The molecular weight excluding hydrogens is 546 g/mol. The first kappa shape index (κ1) is 30.6. The predicted molar refractivity (Wildman–Crippen MR) is 168 cm³/mol. The predicted octanol–water partition coefficient (Wildman–Crippen LogP) is 5.56. The number of nitrogens with one attached hydrogen (secondary N) is 1. The fourth-order valence-electron chi connectivity index (χ4n) is 8.32. The van der Waals surface area contributed by atoms with Gasteiger partial charge in [-0.1, -0.05) is 50.2 Å². The normalized spacial score (nSPS) is 25.2. The van der Waals surface area contributed by atoms with Crippen LogP contribution in [0, 0.1) is 24.7 Å².